The van der Waals surface area contributed by atoms with Crippen LogP contribution in [-0.4, -0.2) is 156 Å². The zero-order valence-electron chi connectivity index (χ0n) is 40.5. The van der Waals surface area contributed by atoms with Crippen LogP contribution in [-0.2, 0) is 49.5 Å². The number of rotatable bonds is 27. The molecule has 1 fully saturated rings. The fraction of sp³-hybridized carbons (Fsp3) is 0.723. The van der Waals surface area contributed by atoms with Crippen molar-refractivity contribution >= 4 is 41.5 Å². The lowest BCUT2D eigenvalue weighted by Crippen LogP contribution is -2.60. The Labute approximate surface area is 380 Å². The van der Waals surface area contributed by atoms with Crippen molar-refractivity contribution in [1.29, 1.82) is 0 Å². The van der Waals surface area contributed by atoms with Crippen LogP contribution in [0.5, 0.6) is 0 Å². The van der Waals surface area contributed by atoms with E-state index in [4.69, 9.17) is 14.6 Å². The molecule has 5 N–H and O–H groups in total. The van der Waals surface area contributed by atoms with Crippen LogP contribution >= 0.6 is 0 Å². The molecule has 1 heterocycles. The molecule has 10 atom stereocenters. The Hall–Kier alpha value is -4.61. The highest BCUT2D eigenvalue weighted by atomic mass is 16.5. The number of aliphatic carboxylic acids is 2. The van der Waals surface area contributed by atoms with Gasteiger partial charge in [0.2, 0.25) is 29.5 Å². The van der Waals surface area contributed by atoms with Gasteiger partial charge in [0.25, 0.3) is 0 Å². The summed E-state index contributed by atoms with van der Waals surface area (Å²) < 4.78 is 12.0. The van der Waals surface area contributed by atoms with Crippen LogP contribution in [0.15, 0.2) is 30.3 Å². The Bertz CT molecular complexity index is 1690. The molecule has 3 unspecified atom stereocenters. The molecule has 1 saturated heterocycles. The van der Waals surface area contributed by atoms with Crippen LogP contribution in [0.25, 0.3) is 0 Å². The third-order valence-corrected chi connectivity index (χ3v) is 12.8. The molecule has 2 rings (SSSR count). The first-order valence-corrected chi connectivity index (χ1v) is 22.8. The van der Waals surface area contributed by atoms with Gasteiger partial charge in [-0.15, -0.1) is 0 Å². The lowest BCUT2D eigenvalue weighted by molar-refractivity contribution is -0.148. The average Bonchev–Trinajstić information content (AvgIpc) is 3.73. The van der Waals surface area contributed by atoms with E-state index in [0.717, 1.165) is 0 Å². The number of likely N-dealkylation sites (tertiary alicyclic amines) is 1. The van der Waals surface area contributed by atoms with E-state index in [1.165, 1.54) is 14.2 Å². The molecule has 0 bridgehead atoms. The van der Waals surface area contributed by atoms with Gasteiger partial charge in [-0.25, -0.2) is 4.79 Å². The number of benzene rings is 1. The van der Waals surface area contributed by atoms with Gasteiger partial charge < -0.3 is 45.4 Å². The standard InChI is InChI=1S/C47H78N6O11/c1-14-30(8)41(52(11)46(60)39(27(2)3)50-45(59)40(28(4)5)51(10)29(6)7)36(63-12)26-37(54)53-24-18-21-35(53)42(64-13)31(9)43(57)49-34(25-32-19-16-15-17-20-32)44(58)48-33(47(61)62)22-23-38(55)56/h15-17,19-20,27-31,33-36,39-42H,14,18,21-26H2,1-13H3,(H,48,58)(H,49,57)(H,50,59)(H,55,56)(H,61,62)/t30-,31+,33?,34-,35-,36?,39-,40-,41-,42?/m0/s1. The van der Waals surface area contributed by atoms with E-state index in [1.807, 2.05) is 67.3 Å². The normalized spacial score (nSPS) is 18.4. The Morgan fingerprint density at radius 1 is 0.812 bits per heavy atom. The number of carbonyl (C=O) groups excluding carboxylic acids is 5. The summed E-state index contributed by atoms with van der Waals surface area (Å²) in [7, 11) is 6.57. The number of amides is 5. The smallest absolute Gasteiger partial charge is 0.326 e. The highest BCUT2D eigenvalue weighted by Gasteiger charge is 2.44. The summed E-state index contributed by atoms with van der Waals surface area (Å²) in [6.07, 6.45) is -0.561. The van der Waals surface area contributed by atoms with Crippen LogP contribution in [0, 0.1) is 23.7 Å². The fourth-order valence-electron chi connectivity index (χ4n) is 8.72. The van der Waals surface area contributed by atoms with Gasteiger partial charge in [0.15, 0.2) is 0 Å². The number of methoxy groups -OCH3 is 2. The van der Waals surface area contributed by atoms with Gasteiger partial charge in [-0.05, 0) is 63.5 Å². The van der Waals surface area contributed by atoms with Gasteiger partial charge in [0, 0.05) is 46.7 Å². The van der Waals surface area contributed by atoms with E-state index in [2.05, 4.69) is 16.0 Å². The molecule has 5 amide bonds. The molecule has 0 radical (unpaired) electrons. The topological polar surface area (TPSA) is 224 Å². The van der Waals surface area contributed by atoms with Gasteiger partial charge in [0.1, 0.15) is 18.1 Å². The zero-order valence-corrected chi connectivity index (χ0v) is 40.5. The van der Waals surface area contributed by atoms with Crippen LogP contribution in [0.4, 0.5) is 0 Å². The monoisotopic (exact) mass is 903 g/mol. The molecule has 1 aliphatic rings. The molecule has 1 aliphatic heterocycles. The predicted octanol–water partition coefficient (Wildman–Crippen LogP) is 3.57. The SMILES string of the molecule is CC[C@H](C)[C@@H](C(CC(=O)N1CCC[C@H]1C(OC)[C@@H](C)C(=O)N[C@@H](Cc1ccccc1)C(=O)NC(CCC(=O)O)C(=O)O)OC)N(C)C(=O)[C@@H](NC(=O)[C@H](C(C)C)N(C)C(C)C)C(C)C. The molecule has 17 nitrogen and oxygen atoms in total. The number of nitrogens with one attached hydrogen (secondary N) is 3. The number of ether oxygens (including phenoxy) is 2. The first-order valence-electron chi connectivity index (χ1n) is 22.8. The molecule has 362 valence electrons. The molecular weight excluding hydrogens is 825 g/mol. The molecule has 0 aliphatic carbocycles. The second-order valence-corrected chi connectivity index (χ2v) is 18.4. The number of nitrogens with zero attached hydrogens (tertiary/aromatic N) is 3. The molecule has 17 heteroatoms. The van der Waals surface area contributed by atoms with E-state index < -0.39 is 84.6 Å². The van der Waals surface area contributed by atoms with Gasteiger partial charge in [-0.2, -0.15) is 0 Å². The quantitative estimate of drug-likeness (QED) is 0.0855. The number of hydrogen-bond acceptors (Lipinski definition) is 10. The van der Waals surface area contributed by atoms with Gasteiger partial charge >= 0.3 is 11.9 Å². The van der Waals surface area contributed by atoms with E-state index >= 15 is 0 Å². The van der Waals surface area contributed by atoms with E-state index in [0.29, 0.717) is 31.4 Å². The molecule has 0 spiro atoms. The molecule has 0 saturated carbocycles. The second kappa shape index (κ2) is 26.4. The summed E-state index contributed by atoms with van der Waals surface area (Å²) >= 11 is 0. The van der Waals surface area contributed by atoms with Crippen molar-refractivity contribution in [2.75, 3.05) is 34.9 Å². The minimum absolute atomic E-state index is 0.00556. The summed E-state index contributed by atoms with van der Waals surface area (Å²) in [5.74, 6) is -5.95. The van der Waals surface area contributed by atoms with Gasteiger partial charge in [0.05, 0.1) is 42.7 Å². The van der Waals surface area contributed by atoms with Crippen LogP contribution in [0.3, 0.4) is 0 Å². The number of carboxylic acids is 2. The highest BCUT2D eigenvalue weighted by Crippen LogP contribution is 2.30. The summed E-state index contributed by atoms with van der Waals surface area (Å²) in [6, 6.07) is 3.90. The van der Waals surface area contributed by atoms with Crippen LogP contribution in [0.2, 0.25) is 0 Å². The first kappa shape index (κ1) is 55.5. The molecule has 1 aromatic rings. The molecule has 1 aromatic carbocycles. The van der Waals surface area contributed by atoms with E-state index in [9.17, 15) is 38.7 Å². The summed E-state index contributed by atoms with van der Waals surface area (Å²) in [4.78, 5) is 98.7. The lowest BCUT2D eigenvalue weighted by Gasteiger charge is -2.41. The Morgan fingerprint density at radius 3 is 1.92 bits per heavy atom. The van der Waals surface area contributed by atoms with Gasteiger partial charge in [-0.1, -0.05) is 85.2 Å². The van der Waals surface area contributed by atoms with Crippen molar-refractivity contribution in [2.45, 2.75) is 162 Å². The molecular formula is C47H78N6O11. The maximum Gasteiger partial charge on any atom is 0.326 e. The van der Waals surface area contributed by atoms with Crippen LogP contribution in [0.1, 0.15) is 106 Å². The number of likely N-dealkylation sites (N-methyl/N-ethyl adjacent to an activating group) is 2. The van der Waals surface area contributed by atoms with Crippen molar-refractivity contribution in [3.8, 4) is 0 Å². The average molecular weight is 903 g/mol. The van der Waals surface area contributed by atoms with Crippen molar-refractivity contribution in [3.05, 3.63) is 35.9 Å². The van der Waals surface area contributed by atoms with Crippen molar-refractivity contribution in [2.24, 2.45) is 23.7 Å². The highest BCUT2D eigenvalue weighted by molar-refractivity contribution is 5.92. The number of hydrogen-bond donors (Lipinski definition) is 5. The molecule has 64 heavy (non-hydrogen) atoms. The van der Waals surface area contributed by atoms with Crippen molar-refractivity contribution in [1.82, 2.24) is 30.7 Å². The predicted molar refractivity (Wildman–Crippen MR) is 243 cm³/mol. The van der Waals surface area contributed by atoms with Crippen molar-refractivity contribution in [3.63, 3.8) is 0 Å². The lowest BCUT2D eigenvalue weighted by atomic mass is 9.89. The van der Waals surface area contributed by atoms with E-state index in [-0.39, 0.29) is 60.8 Å². The molecule has 0 aromatic heterocycles. The Morgan fingerprint density at radius 2 is 1.42 bits per heavy atom. The van der Waals surface area contributed by atoms with Crippen molar-refractivity contribution < 1.29 is 53.2 Å². The summed E-state index contributed by atoms with van der Waals surface area (Å²) in [5.41, 5.74) is 0.693. The fourth-order valence-corrected chi connectivity index (χ4v) is 8.72. The maximum atomic E-state index is 14.4. The zero-order chi connectivity index (χ0) is 48.6. The third kappa shape index (κ3) is 15.5. The summed E-state index contributed by atoms with van der Waals surface area (Å²) in [6.45, 7) is 17.8. The van der Waals surface area contributed by atoms with E-state index in [1.54, 1.807) is 54.1 Å². The maximum absolute atomic E-state index is 14.4. The third-order valence-electron chi connectivity index (χ3n) is 12.8. The summed E-state index contributed by atoms with van der Waals surface area (Å²) in [5, 5.41) is 27.1. The number of carboxylic acid groups (broad SMARTS) is 2. The largest absolute Gasteiger partial charge is 0.481 e. The number of carbonyl (C=O) groups is 7. The minimum atomic E-state index is -1.49. The first-order chi connectivity index (χ1) is 30.0. The Kier molecular flexibility index (Phi) is 22.9. The second-order valence-electron chi connectivity index (χ2n) is 18.4. The minimum Gasteiger partial charge on any atom is -0.481 e. The van der Waals surface area contributed by atoms with Gasteiger partial charge in [-0.3, -0.25) is 33.7 Å². The van der Waals surface area contributed by atoms with Crippen LogP contribution < -0.4 is 16.0 Å². The Balaban J connectivity index is 2.35.